The monoisotopic (exact) mass is 252 g/mol. The molecule has 0 atom stereocenters. The Morgan fingerprint density at radius 3 is 2.29 bits per heavy atom. The van der Waals surface area contributed by atoms with Crippen molar-refractivity contribution >= 4 is 29.0 Å². The highest BCUT2D eigenvalue weighted by atomic mass is 32.1. The minimum atomic E-state index is -0.189. The third kappa shape index (κ3) is 3.60. The van der Waals surface area contributed by atoms with Gasteiger partial charge in [0.2, 0.25) is 0 Å². The SMILES string of the molecule is COc1cc(C)c(NC(=S)NC(=N)N)c(C)c1. The second-order valence-electron chi connectivity index (χ2n) is 3.63. The number of thiocarbonyl (C=S) groups is 1. The molecule has 0 saturated carbocycles. The number of methoxy groups -OCH3 is 1. The molecule has 6 heteroatoms. The largest absolute Gasteiger partial charge is 0.497 e. The number of nitrogens with two attached hydrogens (primary N) is 1. The van der Waals surface area contributed by atoms with E-state index in [-0.39, 0.29) is 5.96 Å². The summed E-state index contributed by atoms with van der Waals surface area (Å²) in [5.41, 5.74) is 8.10. The van der Waals surface area contributed by atoms with E-state index in [1.54, 1.807) is 7.11 Å². The van der Waals surface area contributed by atoms with Gasteiger partial charge in [0, 0.05) is 5.69 Å². The van der Waals surface area contributed by atoms with Gasteiger partial charge in [-0.1, -0.05) is 0 Å². The van der Waals surface area contributed by atoms with Crippen molar-refractivity contribution in [3.05, 3.63) is 23.3 Å². The summed E-state index contributed by atoms with van der Waals surface area (Å²) in [6.07, 6.45) is 0. The summed E-state index contributed by atoms with van der Waals surface area (Å²) in [4.78, 5) is 0. The van der Waals surface area contributed by atoms with Crippen molar-refractivity contribution in [1.29, 1.82) is 5.41 Å². The maximum Gasteiger partial charge on any atom is 0.192 e. The summed E-state index contributed by atoms with van der Waals surface area (Å²) in [5.74, 6) is 0.613. The molecule has 0 aliphatic carbocycles. The molecule has 0 bridgehead atoms. The van der Waals surface area contributed by atoms with Crippen LogP contribution in [0.4, 0.5) is 5.69 Å². The minimum absolute atomic E-state index is 0.189. The van der Waals surface area contributed by atoms with Crippen molar-refractivity contribution in [2.75, 3.05) is 12.4 Å². The number of ether oxygens (including phenoxy) is 1. The molecule has 1 aromatic rings. The van der Waals surface area contributed by atoms with Crippen LogP contribution in [0.25, 0.3) is 0 Å². The Bertz CT molecular complexity index is 436. The summed E-state index contributed by atoms with van der Waals surface area (Å²) in [6.45, 7) is 3.91. The molecular weight excluding hydrogens is 236 g/mol. The van der Waals surface area contributed by atoms with Crippen molar-refractivity contribution in [3.8, 4) is 5.75 Å². The molecule has 17 heavy (non-hydrogen) atoms. The van der Waals surface area contributed by atoms with E-state index in [0.29, 0.717) is 5.11 Å². The van der Waals surface area contributed by atoms with Crippen LogP contribution in [-0.2, 0) is 0 Å². The molecule has 92 valence electrons. The van der Waals surface area contributed by atoms with Gasteiger partial charge in [-0.25, -0.2) is 0 Å². The zero-order valence-corrected chi connectivity index (χ0v) is 10.9. The number of rotatable bonds is 2. The van der Waals surface area contributed by atoms with E-state index in [2.05, 4.69) is 10.6 Å². The number of benzene rings is 1. The van der Waals surface area contributed by atoms with E-state index < -0.39 is 0 Å². The lowest BCUT2D eigenvalue weighted by atomic mass is 10.1. The summed E-state index contributed by atoms with van der Waals surface area (Å²) >= 11 is 5.02. The van der Waals surface area contributed by atoms with Crippen molar-refractivity contribution < 1.29 is 4.74 Å². The Morgan fingerprint density at radius 1 is 1.35 bits per heavy atom. The van der Waals surface area contributed by atoms with E-state index in [1.165, 1.54) is 0 Å². The molecule has 0 saturated heterocycles. The Kier molecular flexibility index (Phi) is 4.28. The van der Waals surface area contributed by atoms with Crippen LogP contribution in [0, 0.1) is 19.3 Å². The first kappa shape index (κ1) is 13.2. The second-order valence-corrected chi connectivity index (χ2v) is 4.04. The van der Waals surface area contributed by atoms with Crippen LogP contribution in [0.2, 0.25) is 0 Å². The number of hydrogen-bond acceptors (Lipinski definition) is 3. The first-order valence-corrected chi connectivity index (χ1v) is 5.42. The molecule has 0 radical (unpaired) electrons. The fourth-order valence-corrected chi connectivity index (χ4v) is 1.72. The standard InChI is InChI=1S/C11H16N4OS/c1-6-4-8(16-3)5-7(2)9(6)14-11(17)15-10(12)13/h4-5H,1-3H3,(H5,12,13,14,15,17). The Hall–Kier alpha value is -1.82. The summed E-state index contributed by atoms with van der Waals surface area (Å²) in [6, 6.07) is 3.82. The Morgan fingerprint density at radius 2 is 1.88 bits per heavy atom. The molecule has 0 heterocycles. The maximum atomic E-state index is 7.08. The number of nitrogens with one attached hydrogen (secondary N) is 3. The lowest BCUT2D eigenvalue weighted by Crippen LogP contribution is -2.38. The van der Waals surface area contributed by atoms with Crippen LogP contribution >= 0.6 is 12.2 Å². The van der Waals surface area contributed by atoms with Crippen molar-refractivity contribution in [3.63, 3.8) is 0 Å². The third-order valence-electron chi connectivity index (χ3n) is 2.23. The highest BCUT2D eigenvalue weighted by molar-refractivity contribution is 7.80. The minimum Gasteiger partial charge on any atom is -0.497 e. The molecule has 0 aliphatic heterocycles. The molecule has 0 aromatic heterocycles. The highest BCUT2D eigenvalue weighted by Crippen LogP contribution is 2.25. The molecule has 5 N–H and O–H groups in total. The van der Waals surface area contributed by atoms with E-state index >= 15 is 0 Å². The molecule has 0 amide bonds. The van der Waals surface area contributed by atoms with Crippen LogP contribution in [0.5, 0.6) is 5.75 Å². The van der Waals surface area contributed by atoms with Gasteiger partial charge < -0.3 is 21.1 Å². The predicted octanol–water partition coefficient (Wildman–Crippen LogP) is 1.49. The molecule has 1 aromatic carbocycles. The van der Waals surface area contributed by atoms with Crippen molar-refractivity contribution in [2.45, 2.75) is 13.8 Å². The van der Waals surface area contributed by atoms with Gasteiger partial charge >= 0.3 is 0 Å². The van der Waals surface area contributed by atoms with Gasteiger partial charge in [0.05, 0.1) is 7.11 Å². The summed E-state index contributed by atoms with van der Waals surface area (Å²) in [5, 5.41) is 12.9. The first-order valence-electron chi connectivity index (χ1n) is 5.01. The normalized spacial score (nSPS) is 9.59. The van der Waals surface area contributed by atoms with Crippen molar-refractivity contribution in [1.82, 2.24) is 5.32 Å². The van der Waals surface area contributed by atoms with Gasteiger partial charge in [0.1, 0.15) is 5.75 Å². The summed E-state index contributed by atoms with van der Waals surface area (Å²) < 4.78 is 5.17. The zero-order valence-electron chi connectivity index (χ0n) is 10.0. The highest BCUT2D eigenvalue weighted by Gasteiger charge is 2.07. The van der Waals surface area contributed by atoms with Crippen LogP contribution in [0.3, 0.4) is 0 Å². The van der Waals surface area contributed by atoms with Crippen LogP contribution in [0.1, 0.15) is 11.1 Å². The Balaban J connectivity index is 2.91. The first-order chi connectivity index (χ1) is 7.93. The van der Waals surface area contributed by atoms with Crippen LogP contribution < -0.4 is 21.1 Å². The number of aryl methyl sites for hydroxylation is 2. The Labute approximate surface area is 106 Å². The smallest absolute Gasteiger partial charge is 0.192 e. The van der Waals surface area contributed by atoms with Gasteiger partial charge in [-0.15, -0.1) is 0 Å². The van der Waals surface area contributed by atoms with Crippen LogP contribution in [0.15, 0.2) is 12.1 Å². The molecule has 5 nitrogen and oxygen atoms in total. The molecule has 0 spiro atoms. The average Bonchev–Trinajstić information content (AvgIpc) is 2.22. The second kappa shape index (κ2) is 5.49. The zero-order chi connectivity index (χ0) is 13.0. The third-order valence-corrected chi connectivity index (χ3v) is 2.43. The number of hydrogen-bond donors (Lipinski definition) is 4. The molecule has 0 unspecified atom stereocenters. The molecule has 0 aliphatic rings. The lowest BCUT2D eigenvalue weighted by Gasteiger charge is -2.15. The molecular formula is C11H16N4OS. The van der Waals surface area contributed by atoms with E-state index in [0.717, 1.165) is 22.6 Å². The van der Waals surface area contributed by atoms with E-state index in [9.17, 15) is 0 Å². The quantitative estimate of drug-likeness (QED) is 0.364. The number of guanidine groups is 1. The predicted molar refractivity (Wildman–Crippen MR) is 73.7 cm³/mol. The van der Waals surface area contributed by atoms with Gasteiger partial charge in [-0.3, -0.25) is 5.41 Å². The van der Waals surface area contributed by atoms with Gasteiger partial charge in [0.25, 0.3) is 0 Å². The fourth-order valence-electron chi connectivity index (χ4n) is 1.51. The van der Waals surface area contributed by atoms with E-state index in [1.807, 2.05) is 26.0 Å². The van der Waals surface area contributed by atoms with Gasteiger partial charge in [-0.2, -0.15) is 0 Å². The van der Waals surface area contributed by atoms with E-state index in [4.69, 9.17) is 28.1 Å². The molecule has 0 fully saturated rings. The number of anilines is 1. The summed E-state index contributed by atoms with van der Waals surface area (Å²) in [7, 11) is 1.63. The maximum absolute atomic E-state index is 7.08. The lowest BCUT2D eigenvalue weighted by molar-refractivity contribution is 0.414. The molecule has 1 rings (SSSR count). The van der Waals surface area contributed by atoms with Gasteiger partial charge in [0.15, 0.2) is 11.1 Å². The fraction of sp³-hybridized carbons (Fsp3) is 0.273. The average molecular weight is 252 g/mol. The van der Waals surface area contributed by atoms with Crippen molar-refractivity contribution in [2.24, 2.45) is 5.73 Å². The topological polar surface area (TPSA) is 83.2 Å². The van der Waals surface area contributed by atoms with Gasteiger partial charge in [-0.05, 0) is 49.3 Å². The van der Waals surface area contributed by atoms with Crippen LogP contribution in [-0.4, -0.2) is 18.2 Å².